The van der Waals surface area contributed by atoms with Crippen LogP contribution in [0.5, 0.6) is 0 Å². The van der Waals surface area contributed by atoms with Crippen LogP contribution in [0.15, 0.2) is 42.7 Å². The number of carbonyl (C=O) groups is 1. The number of hydrogen-bond donors (Lipinski definition) is 1. The van der Waals surface area contributed by atoms with Gasteiger partial charge in [-0.2, -0.15) is 0 Å². The van der Waals surface area contributed by atoms with E-state index in [1.807, 2.05) is 6.92 Å². The van der Waals surface area contributed by atoms with Crippen LogP contribution >= 0.6 is 0 Å². The quantitative estimate of drug-likeness (QED) is 0.676. The molecule has 0 aliphatic carbocycles. The second-order valence-electron chi connectivity index (χ2n) is 3.95. The SMILES string of the molecule is Cc1cnccc1NC(=O)c1cccc([N+](=O)[O-])c1. The molecule has 2 rings (SSSR count). The molecule has 0 fully saturated rings. The van der Waals surface area contributed by atoms with E-state index in [0.717, 1.165) is 5.56 Å². The molecule has 0 saturated heterocycles. The van der Waals surface area contributed by atoms with Gasteiger partial charge in [0, 0.05) is 35.8 Å². The van der Waals surface area contributed by atoms with Crippen molar-refractivity contribution in [2.24, 2.45) is 0 Å². The lowest BCUT2D eigenvalue weighted by Gasteiger charge is -2.07. The molecule has 1 aromatic heterocycles. The number of nitrogens with zero attached hydrogens (tertiary/aromatic N) is 2. The Morgan fingerprint density at radius 2 is 2.16 bits per heavy atom. The average molecular weight is 257 g/mol. The van der Waals surface area contributed by atoms with Gasteiger partial charge in [0.15, 0.2) is 0 Å². The molecular weight excluding hydrogens is 246 g/mol. The number of amides is 1. The summed E-state index contributed by atoms with van der Waals surface area (Å²) in [5, 5.41) is 13.3. The van der Waals surface area contributed by atoms with Gasteiger partial charge in [0.25, 0.3) is 11.6 Å². The van der Waals surface area contributed by atoms with Gasteiger partial charge in [0.1, 0.15) is 0 Å². The maximum absolute atomic E-state index is 12.0. The highest BCUT2D eigenvalue weighted by atomic mass is 16.6. The van der Waals surface area contributed by atoms with Gasteiger partial charge in [0.05, 0.1) is 4.92 Å². The summed E-state index contributed by atoms with van der Waals surface area (Å²) in [4.78, 5) is 26.0. The van der Waals surface area contributed by atoms with Crippen LogP contribution < -0.4 is 5.32 Å². The van der Waals surface area contributed by atoms with Crippen molar-refractivity contribution in [3.8, 4) is 0 Å². The summed E-state index contributed by atoms with van der Waals surface area (Å²) in [5.74, 6) is -0.391. The number of anilines is 1. The van der Waals surface area contributed by atoms with Crippen LogP contribution in [0.25, 0.3) is 0 Å². The van der Waals surface area contributed by atoms with Crippen LogP contribution in [-0.2, 0) is 0 Å². The number of hydrogen-bond acceptors (Lipinski definition) is 4. The Bertz CT molecular complexity index is 641. The number of aryl methyl sites for hydroxylation is 1. The molecule has 6 nitrogen and oxygen atoms in total. The van der Waals surface area contributed by atoms with Crippen molar-refractivity contribution < 1.29 is 9.72 Å². The molecule has 2 aromatic rings. The normalized spacial score (nSPS) is 9.95. The van der Waals surface area contributed by atoms with Gasteiger partial charge in [-0.15, -0.1) is 0 Å². The van der Waals surface area contributed by atoms with Crippen molar-refractivity contribution in [1.29, 1.82) is 0 Å². The zero-order valence-electron chi connectivity index (χ0n) is 10.2. The molecule has 0 saturated carbocycles. The Morgan fingerprint density at radius 1 is 1.37 bits per heavy atom. The minimum absolute atomic E-state index is 0.112. The Hall–Kier alpha value is -2.76. The van der Waals surface area contributed by atoms with Crippen LogP contribution in [-0.4, -0.2) is 15.8 Å². The van der Waals surface area contributed by atoms with E-state index in [9.17, 15) is 14.9 Å². The van der Waals surface area contributed by atoms with Gasteiger partial charge < -0.3 is 5.32 Å². The molecule has 0 aliphatic rings. The van der Waals surface area contributed by atoms with Gasteiger partial charge in [-0.05, 0) is 24.6 Å². The molecule has 1 heterocycles. The van der Waals surface area contributed by atoms with Crippen molar-refractivity contribution in [3.05, 3.63) is 64.0 Å². The third-order valence-electron chi connectivity index (χ3n) is 2.59. The van der Waals surface area contributed by atoms with E-state index in [-0.39, 0.29) is 11.3 Å². The molecule has 19 heavy (non-hydrogen) atoms. The van der Waals surface area contributed by atoms with E-state index in [4.69, 9.17) is 0 Å². The molecule has 0 unspecified atom stereocenters. The molecule has 96 valence electrons. The van der Waals surface area contributed by atoms with Crippen molar-refractivity contribution >= 4 is 17.3 Å². The Labute approximate surface area is 109 Å². The van der Waals surface area contributed by atoms with Crippen LogP contribution in [0, 0.1) is 17.0 Å². The van der Waals surface area contributed by atoms with E-state index in [1.54, 1.807) is 18.5 Å². The maximum atomic E-state index is 12.0. The lowest BCUT2D eigenvalue weighted by atomic mass is 10.1. The molecule has 0 bridgehead atoms. The molecule has 0 aliphatic heterocycles. The Morgan fingerprint density at radius 3 is 2.84 bits per heavy atom. The average Bonchev–Trinajstić information content (AvgIpc) is 2.41. The summed E-state index contributed by atoms with van der Waals surface area (Å²) < 4.78 is 0. The van der Waals surface area contributed by atoms with E-state index in [0.29, 0.717) is 5.69 Å². The molecule has 1 amide bonds. The molecule has 0 atom stereocenters. The third-order valence-corrected chi connectivity index (χ3v) is 2.59. The minimum atomic E-state index is -0.533. The summed E-state index contributed by atoms with van der Waals surface area (Å²) in [7, 11) is 0. The molecule has 0 radical (unpaired) electrons. The number of carbonyl (C=O) groups excluding carboxylic acids is 1. The highest BCUT2D eigenvalue weighted by Crippen LogP contribution is 2.16. The fraction of sp³-hybridized carbons (Fsp3) is 0.0769. The molecule has 1 N–H and O–H groups in total. The minimum Gasteiger partial charge on any atom is -0.322 e. The second kappa shape index (κ2) is 5.26. The van der Waals surface area contributed by atoms with Crippen LogP contribution in [0.4, 0.5) is 11.4 Å². The van der Waals surface area contributed by atoms with Crippen LogP contribution in [0.3, 0.4) is 0 Å². The van der Waals surface area contributed by atoms with Crippen molar-refractivity contribution in [2.45, 2.75) is 6.92 Å². The van der Waals surface area contributed by atoms with Gasteiger partial charge in [-0.25, -0.2) is 0 Å². The van der Waals surface area contributed by atoms with Gasteiger partial charge in [0.2, 0.25) is 0 Å². The zero-order chi connectivity index (χ0) is 13.8. The summed E-state index contributed by atoms with van der Waals surface area (Å²) in [5.41, 5.74) is 1.58. The number of nitro groups is 1. The highest BCUT2D eigenvalue weighted by molar-refractivity contribution is 6.04. The van der Waals surface area contributed by atoms with Crippen molar-refractivity contribution in [3.63, 3.8) is 0 Å². The number of nitrogens with one attached hydrogen (secondary N) is 1. The van der Waals surface area contributed by atoms with E-state index in [1.165, 1.54) is 24.3 Å². The summed E-state index contributed by atoms with van der Waals surface area (Å²) in [6.07, 6.45) is 3.19. The molecule has 0 spiro atoms. The summed E-state index contributed by atoms with van der Waals surface area (Å²) in [6, 6.07) is 7.26. The first-order chi connectivity index (χ1) is 9.08. The predicted molar refractivity (Wildman–Crippen MR) is 70.0 cm³/mol. The first-order valence-electron chi connectivity index (χ1n) is 5.54. The number of benzene rings is 1. The smallest absolute Gasteiger partial charge is 0.270 e. The van der Waals surface area contributed by atoms with E-state index >= 15 is 0 Å². The topological polar surface area (TPSA) is 85.1 Å². The van der Waals surface area contributed by atoms with Gasteiger partial charge >= 0.3 is 0 Å². The molecule has 1 aromatic carbocycles. The van der Waals surface area contributed by atoms with Crippen LogP contribution in [0.2, 0.25) is 0 Å². The standard InChI is InChI=1S/C13H11N3O3/c1-9-8-14-6-5-12(9)15-13(17)10-3-2-4-11(7-10)16(18)19/h2-8H,1H3,(H,14,15,17). The van der Waals surface area contributed by atoms with Crippen molar-refractivity contribution in [2.75, 3.05) is 5.32 Å². The summed E-state index contributed by atoms with van der Waals surface area (Å²) in [6.45, 7) is 1.82. The Kier molecular flexibility index (Phi) is 3.51. The van der Waals surface area contributed by atoms with Gasteiger partial charge in [-0.1, -0.05) is 6.07 Å². The number of pyridine rings is 1. The number of rotatable bonds is 3. The zero-order valence-corrected chi connectivity index (χ0v) is 10.2. The second-order valence-corrected chi connectivity index (χ2v) is 3.95. The van der Waals surface area contributed by atoms with Crippen LogP contribution in [0.1, 0.15) is 15.9 Å². The Balaban J connectivity index is 2.23. The van der Waals surface area contributed by atoms with Gasteiger partial charge in [-0.3, -0.25) is 19.9 Å². The summed E-state index contributed by atoms with van der Waals surface area (Å²) >= 11 is 0. The van der Waals surface area contributed by atoms with E-state index in [2.05, 4.69) is 10.3 Å². The number of non-ortho nitro benzene ring substituents is 1. The fourth-order valence-electron chi connectivity index (χ4n) is 1.57. The third kappa shape index (κ3) is 2.92. The van der Waals surface area contributed by atoms with E-state index < -0.39 is 10.8 Å². The first kappa shape index (κ1) is 12.7. The lowest BCUT2D eigenvalue weighted by molar-refractivity contribution is -0.384. The fourth-order valence-corrected chi connectivity index (χ4v) is 1.57. The first-order valence-corrected chi connectivity index (χ1v) is 5.54. The highest BCUT2D eigenvalue weighted by Gasteiger charge is 2.12. The molecular formula is C13H11N3O3. The van der Waals surface area contributed by atoms with Crippen molar-refractivity contribution in [1.82, 2.24) is 4.98 Å². The lowest BCUT2D eigenvalue weighted by Crippen LogP contribution is -2.13. The maximum Gasteiger partial charge on any atom is 0.270 e. The monoisotopic (exact) mass is 257 g/mol. The molecule has 6 heteroatoms. The predicted octanol–water partition coefficient (Wildman–Crippen LogP) is 2.55. The number of nitro benzene ring substituents is 1. The number of aromatic nitrogens is 1. The largest absolute Gasteiger partial charge is 0.322 e.